The van der Waals surface area contributed by atoms with Gasteiger partial charge in [-0.15, -0.1) is 0 Å². The first kappa shape index (κ1) is 33.2. The quantitative estimate of drug-likeness (QED) is 0.150. The molecule has 3 atom stereocenters. The maximum absolute atomic E-state index is 14.4. The smallest absolute Gasteiger partial charge is 0.248 e. The number of ketones is 1. The van der Waals surface area contributed by atoms with E-state index in [0.717, 1.165) is 66.3 Å². The van der Waals surface area contributed by atoms with E-state index in [0.29, 0.717) is 47.0 Å². The fourth-order valence-electron chi connectivity index (χ4n) is 7.41. The van der Waals surface area contributed by atoms with E-state index in [2.05, 4.69) is 54.4 Å². The molecule has 2 bridgehead atoms. The number of aromatic nitrogens is 5. The average Bonchev–Trinajstić information content (AvgIpc) is 3.48. The molecular weight excluding hydrogens is 686 g/mol. The Morgan fingerprint density at radius 2 is 1.86 bits per heavy atom. The minimum Gasteiger partial charge on any atom is -0.377 e. The minimum absolute atomic E-state index is 0.0993. The third-order valence-electron chi connectivity index (χ3n) is 10.1. The maximum atomic E-state index is 14.4. The Bertz CT molecular complexity index is 1970. The van der Waals surface area contributed by atoms with Gasteiger partial charge in [0, 0.05) is 41.7 Å². The molecule has 7 rings (SSSR count). The second kappa shape index (κ2) is 13.5. The largest absolute Gasteiger partial charge is 0.377 e. The molecule has 3 aromatic heterocycles. The van der Waals surface area contributed by atoms with Crippen molar-refractivity contribution in [2.45, 2.75) is 84.3 Å². The van der Waals surface area contributed by atoms with Crippen molar-refractivity contribution in [2.75, 3.05) is 18.5 Å². The monoisotopic (exact) mass is 725 g/mol. The van der Waals surface area contributed by atoms with Crippen molar-refractivity contribution in [3.63, 3.8) is 0 Å². The molecule has 5 heterocycles. The summed E-state index contributed by atoms with van der Waals surface area (Å²) >= 11 is 3.40. The zero-order valence-electron chi connectivity index (χ0n) is 28.0. The first-order valence-corrected chi connectivity index (χ1v) is 17.7. The van der Waals surface area contributed by atoms with Gasteiger partial charge in [-0.1, -0.05) is 24.6 Å². The maximum Gasteiger partial charge on any atom is 0.248 e. The second-order valence-corrected chi connectivity index (χ2v) is 14.4. The van der Waals surface area contributed by atoms with Gasteiger partial charge in [0.2, 0.25) is 11.8 Å². The molecule has 0 unspecified atom stereocenters. The number of ether oxygens (including phenoxy) is 1. The van der Waals surface area contributed by atoms with Crippen LogP contribution in [-0.2, 0) is 27.3 Å². The van der Waals surface area contributed by atoms with Gasteiger partial charge in [-0.25, -0.2) is 15.0 Å². The zero-order valence-corrected chi connectivity index (χ0v) is 29.6. The van der Waals surface area contributed by atoms with E-state index in [1.807, 2.05) is 32.0 Å². The highest BCUT2D eigenvalue weighted by molar-refractivity contribution is 9.10. The summed E-state index contributed by atoms with van der Waals surface area (Å²) in [6.45, 7) is 6.10. The summed E-state index contributed by atoms with van der Waals surface area (Å²) in [5, 5.41) is 8.45. The molecule has 1 aliphatic carbocycles. The summed E-state index contributed by atoms with van der Waals surface area (Å²) in [4.78, 5) is 56.4. The highest BCUT2D eigenvalue weighted by Gasteiger charge is 2.67. The normalized spacial score (nSPS) is 23.4. The average molecular weight is 727 g/mol. The lowest BCUT2D eigenvalue weighted by Crippen LogP contribution is -2.47. The Morgan fingerprint density at radius 3 is 2.65 bits per heavy atom. The van der Waals surface area contributed by atoms with Crippen LogP contribution < -0.4 is 5.32 Å². The number of rotatable bonds is 4. The number of allylic oxidation sites excluding steroid dienone is 1. The number of pyridine rings is 1. The topological polar surface area (TPSA) is 132 Å². The third-order valence-corrected chi connectivity index (χ3v) is 10.5. The summed E-state index contributed by atoms with van der Waals surface area (Å²) in [5.41, 5.74) is 4.38. The lowest BCUT2D eigenvalue weighted by Gasteiger charge is -2.27. The number of carbonyl (C=O) groups is 3. The molecule has 49 heavy (non-hydrogen) atoms. The van der Waals surface area contributed by atoms with Gasteiger partial charge in [0.05, 0.1) is 18.7 Å². The van der Waals surface area contributed by atoms with Crippen LogP contribution in [0, 0.1) is 19.3 Å². The van der Waals surface area contributed by atoms with Crippen molar-refractivity contribution in [2.24, 2.45) is 5.41 Å². The van der Waals surface area contributed by atoms with Gasteiger partial charge in [0.1, 0.15) is 34.5 Å². The molecule has 12 heteroatoms. The number of piperidine rings is 1. The van der Waals surface area contributed by atoms with Crippen LogP contribution in [0.4, 0.5) is 5.82 Å². The van der Waals surface area contributed by atoms with Crippen molar-refractivity contribution in [3.05, 3.63) is 76.1 Å². The Morgan fingerprint density at radius 1 is 1.04 bits per heavy atom. The molecule has 1 saturated heterocycles. The number of anilines is 1. The van der Waals surface area contributed by atoms with E-state index in [9.17, 15) is 14.4 Å². The summed E-state index contributed by atoms with van der Waals surface area (Å²) in [6, 6.07) is 6.95. The summed E-state index contributed by atoms with van der Waals surface area (Å²) in [7, 11) is 0. The molecule has 1 aromatic carbocycles. The minimum atomic E-state index is -0.700. The van der Waals surface area contributed by atoms with Crippen molar-refractivity contribution in [3.8, 4) is 11.1 Å². The number of nitrogens with one attached hydrogen (secondary N) is 1. The van der Waals surface area contributed by atoms with Crippen LogP contribution in [0.2, 0.25) is 0 Å². The third kappa shape index (κ3) is 6.68. The molecule has 3 aliphatic rings. The van der Waals surface area contributed by atoms with Gasteiger partial charge in [0.25, 0.3) is 0 Å². The van der Waals surface area contributed by atoms with E-state index in [-0.39, 0.29) is 35.6 Å². The van der Waals surface area contributed by atoms with Crippen molar-refractivity contribution < 1.29 is 19.1 Å². The Kier molecular flexibility index (Phi) is 9.19. The molecule has 0 radical (unpaired) electrons. The molecular formula is C37H40BrN7O4. The molecule has 4 aromatic rings. The van der Waals surface area contributed by atoms with Gasteiger partial charge < -0.3 is 15.0 Å². The molecule has 2 aliphatic heterocycles. The molecule has 11 nitrogen and oxygen atoms in total. The number of nitrogens with zero attached hydrogens (tertiary/aromatic N) is 6. The standard InChI is InChI=1S/C37H40BrN7O4/c1-22-11-12-31(38)41-35(22)42-36(48)29-16-37-17-30(37)45(29)32(47)20-44-34-25(10-8-6-4-5-7-9-13-49-21-37)14-26(27-18-39-24(3)40-19-27)15-28(34)33(43-44)23(2)46/h7,9,11-12,14-15,18-19,29-30H,4-6,8,10,13,16-17,20-21H2,1-3H3,(H,41,42,48)/b9-7+/t29-,30+,37-/m0/s1. The number of carbonyl (C=O) groups excluding carboxylic acids is 3. The molecule has 254 valence electrons. The summed E-state index contributed by atoms with van der Waals surface area (Å²) < 4.78 is 8.40. The van der Waals surface area contributed by atoms with Crippen molar-refractivity contribution in [1.82, 2.24) is 29.6 Å². The highest BCUT2D eigenvalue weighted by Crippen LogP contribution is 2.60. The van der Waals surface area contributed by atoms with Gasteiger partial charge in [-0.3, -0.25) is 19.1 Å². The van der Waals surface area contributed by atoms with Crippen LogP contribution in [0.25, 0.3) is 22.0 Å². The second-order valence-electron chi connectivity index (χ2n) is 13.6. The Hall–Kier alpha value is -4.29. The van der Waals surface area contributed by atoms with Crippen molar-refractivity contribution in [1.29, 1.82) is 0 Å². The van der Waals surface area contributed by atoms with Gasteiger partial charge in [-0.2, -0.15) is 5.10 Å². The fourth-order valence-corrected chi connectivity index (χ4v) is 7.72. The summed E-state index contributed by atoms with van der Waals surface area (Å²) in [5.74, 6) is 0.457. The predicted octanol–water partition coefficient (Wildman–Crippen LogP) is 6.16. The number of hydrogen-bond donors (Lipinski definition) is 1. The number of benzene rings is 1. The van der Waals surface area contributed by atoms with Crippen LogP contribution in [0.15, 0.2) is 53.4 Å². The molecule has 1 N–H and O–H groups in total. The first-order valence-electron chi connectivity index (χ1n) is 16.9. The number of halogens is 1. The number of aryl methyl sites for hydroxylation is 3. The zero-order chi connectivity index (χ0) is 34.3. The molecule has 2 fully saturated rings. The summed E-state index contributed by atoms with van der Waals surface area (Å²) in [6.07, 6.45) is 13.8. The Labute approximate surface area is 293 Å². The van der Waals surface area contributed by atoms with Crippen molar-refractivity contribution >= 4 is 50.2 Å². The number of hydrogen-bond acceptors (Lipinski definition) is 8. The van der Waals surface area contributed by atoms with E-state index in [1.54, 1.807) is 22.0 Å². The van der Waals surface area contributed by atoms with E-state index >= 15 is 0 Å². The van der Waals surface area contributed by atoms with Crippen LogP contribution in [0.3, 0.4) is 0 Å². The van der Waals surface area contributed by atoms with Crippen LogP contribution in [-0.4, -0.2) is 72.5 Å². The number of Topliss-reactive ketones (excluding diaryl/α,β-unsaturated/α-hetero) is 1. The van der Waals surface area contributed by atoms with Gasteiger partial charge in [-0.05, 0) is 103 Å². The number of amides is 2. The molecule has 2 amide bonds. The lowest BCUT2D eigenvalue weighted by molar-refractivity contribution is -0.138. The van der Waals surface area contributed by atoms with Gasteiger partial charge in [0.15, 0.2) is 5.78 Å². The predicted molar refractivity (Wildman–Crippen MR) is 189 cm³/mol. The van der Waals surface area contributed by atoms with Crippen LogP contribution in [0.5, 0.6) is 0 Å². The lowest BCUT2D eigenvalue weighted by atomic mass is 9.97. The first-order chi connectivity index (χ1) is 23.6. The molecule has 0 spiro atoms. The highest BCUT2D eigenvalue weighted by atomic mass is 79.9. The SMILES string of the molecule is CC(=O)c1nn2c3c(cc(-c4cnc(C)nc4)cc13)CCCCC/C=C/COC[C@@]13C[C@@H](C(=O)Nc4nc(Br)ccc4C)N(C(=O)C2)[C@@H]1C3. The van der Waals surface area contributed by atoms with E-state index in [4.69, 9.17) is 9.84 Å². The van der Waals surface area contributed by atoms with E-state index < -0.39 is 6.04 Å². The molecule has 1 saturated carbocycles. The fraction of sp³-hybridized carbons (Fsp3) is 0.432. The van der Waals surface area contributed by atoms with E-state index in [1.165, 1.54) is 6.92 Å². The van der Waals surface area contributed by atoms with Gasteiger partial charge >= 0.3 is 0 Å². The Balaban J connectivity index is 1.28. The van der Waals surface area contributed by atoms with Crippen LogP contribution in [0.1, 0.15) is 72.9 Å². The van der Waals surface area contributed by atoms with Crippen LogP contribution >= 0.6 is 15.9 Å².